The summed E-state index contributed by atoms with van der Waals surface area (Å²) in [6.07, 6.45) is 9.20. The molecule has 18 nitrogen and oxygen atoms in total. The van der Waals surface area contributed by atoms with Gasteiger partial charge in [0.15, 0.2) is 5.71 Å². The van der Waals surface area contributed by atoms with E-state index in [1.807, 2.05) is 35.8 Å². The maximum atomic E-state index is 13.9. The molecule has 2 aliphatic heterocycles. The normalized spacial score (nSPS) is 16.8. The van der Waals surface area contributed by atoms with E-state index in [0.29, 0.717) is 23.5 Å². The average molecular weight is 974 g/mol. The topological polar surface area (TPSA) is 276 Å². The molecule has 2 heterocycles. The predicted octanol–water partition coefficient (Wildman–Crippen LogP) is 5.37. The first-order valence-electron chi connectivity index (χ1n) is 20.4. The van der Waals surface area contributed by atoms with E-state index < -0.39 is 86.3 Å². The summed E-state index contributed by atoms with van der Waals surface area (Å²) < 4.78 is 141. The number of rotatable bonds is 23. The average Bonchev–Trinajstić information content (AvgIpc) is 3.50. The van der Waals surface area contributed by atoms with Gasteiger partial charge in [0.2, 0.25) is 5.69 Å². The van der Waals surface area contributed by atoms with Crippen LogP contribution in [0.1, 0.15) is 104 Å². The first-order chi connectivity index (χ1) is 29.5. The molecule has 2 aromatic carbocycles. The van der Waals surface area contributed by atoms with Crippen molar-refractivity contribution in [1.82, 2.24) is 0 Å². The lowest BCUT2D eigenvalue weighted by molar-refractivity contribution is -0.437. The summed E-state index contributed by atoms with van der Waals surface area (Å²) in [6.45, 7) is 9.58. The lowest BCUT2D eigenvalue weighted by atomic mass is 9.79. The summed E-state index contributed by atoms with van der Waals surface area (Å²) in [7, 11) is -17.0. The number of esters is 2. The Morgan fingerprint density at radius 1 is 0.672 bits per heavy atom. The Labute approximate surface area is 375 Å². The van der Waals surface area contributed by atoms with Crippen molar-refractivity contribution < 1.29 is 75.5 Å². The van der Waals surface area contributed by atoms with Gasteiger partial charge in [-0.1, -0.05) is 44.2 Å². The molecule has 4 rings (SSSR count). The summed E-state index contributed by atoms with van der Waals surface area (Å²) in [5.74, 6) is -3.86. The van der Waals surface area contributed by atoms with Crippen LogP contribution in [0.15, 0.2) is 66.4 Å². The fourth-order valence-electron chi connectivity index (χ4n) is 8.17. The maximum Gasteiger partial charge on any atom is 0.338 e. The van der Waals surface area contributed by atoms with Crippen molar-refractivity contribution in [3.8, 4) is 0 Å². The standard InChI is InChI=1S/C42H56N2O16S4/c1-30-16-13-17-33-37(30)41(2,3)35(43(33)20-14-26-63(53,54)55)18-7-6-8-19-36-42(4,5)38-32(40(46)60-23-10-12-25-62(50,51)52)28-31(39(45)59-22-9-11-24-61(47,48)49)29-34(38)44(36)21-15-27-64(56,57)58/h6-8,13,16-19,28-29H,9-12,14-15,20-27H2,1-5H3,(H3-,47,48,49,50,51,52,53,54,55,56,57,58)/p+1. The number of nitrogens with zero attached hydrogens (tertiary/aromatic N) is 2. The molecule has 64 heavy (non-hydrogen) atoms. The number of carbonyl (C=O) groups is 2. The van der Waals surface area contributed by atoms with Crippen LogP contribution < -0.4 is 4.90 Å². The van der Waals surface area contributed by atoms with E-state index in [1.54, 1.807) is 43.1 Å². The molecule has 0 saturated heterocycles. The first-order valence-corrected chi connectivity index (χ1v) is 26.9. The van der Waals surface area contributed by atoms with E-state index in [0.717, 1.165) is 22.5 Å². The fourth-order valence-corrected chi connectivity index (χ4v) is 10.3. The molecule has 0 aromatic heterocycles. The molecular formula is C42H57N2O16S4+. The van der Waals surface area contributed by atoms with Gasteiger partial charge in [-0.05, 0) is 76.6 Å². The van der Waals surface area contributed by atoms with Gasteiger partial charge in [0.05, 0.1) is 52.8 Å². The third-order valence-corrected chi connectivity index (χ3v) is 14.1. The minimum Gasteiger partial charge on any atom is -0.462 e. The number of hydrogen-bond acceptors (Lipinski definition) is 13. The van der Waals surface area contributed by atoms with Gasteiger partial charge in [0, 0.05) is 53.0 Å². The number of aryl methyl sites for hydroxylation is 1. The minimum absolute atomic E-state index is 0.00220. The highest BCUT2D eigenvalue weighted by Gasteiger charge is 2.46. The Morgan fingerprint density at radius 2 is 1.22 bits per heavy atom. The highest BCUT2D eigenvalue weighted by molar-refractivity contribution is 7.86. The van der Waals surface area contributed by atoms with Crippen molar-refractivity contribution >= 4 is 69.5 Å². The van der Waals surface area contributed by atoms with Crippen LogP contribution in [0, 0.1) is 6.92 Å². The van der Waals surface area contributed by atoms with Crippen molar-refractivity contribution in [1.29, 1.82) is 0 Å². The number of unbranched alkanes of at least 4 members (excludes halogenated alkanes) is 2. The third kappa shape index (κ3) is 14.4. The van der Waals surface area contributed by atoms with Crippen molar-refractivity contribution in [2.75, 3.05) is 54.2 Å². The molecule has 2 aromatic rings. The summed E-state index contributed by atoms with van der Waals surface area (Å²) >= 11 is 0. The van der Waals surface area contributed by atoms with Gasteiger partial charge in [0.25, 0.3) is 40.5 Å². The molecule has 0 spiro atoms. The smallest absolute Gasteiger partial charge is 0.338 e. The van der Waals surface area contributed by atoms with Crippen LogP contribution in [0.4, 0.5) is 11.4 Å². The van der Waals surface area contributed by atoms with Gasteiger partial charge in [0.1, 0.15) is 6.54 Å². The summed E-state index contributed by atoms with van der Waals surface area (Å²) in [6, 6.07) is 8.63. The summed E-state index contributed by atoms with van der Waals surface area (Å²) in [5, 5.41) is 0. The van der Waals surface area contributed by atoms with Crippen molar-refractivity contribution in [2.45, 2.75) is 84.0 Å². The number of hydrogen-bond donors (Lipinski definition) is 4. The maximum absolute atomic E-state index is 13.9. The molecule has 354 valence electrons. The zero-order valence-electron chi connectivity index (χ0n) is 36.4. The van der Waals surface area contributed by atoms with Crippen LogP contribution in [-0.4, -0.2) is 123 Å². The zero-order valence-corrected chi connectivity index (χ0v) is 39.7. The summed E-state index contributed by atoms with van der Waals surface area (Å²) in [5.41, 5.74) is 3.55. The van der Waals surface area contributed by atoms with Crippen LogP contribution in [0.5, 0.6) is 0 Å². The van der Waals surface area contributed by atoms with Crippen LogP contribution in [0.3, 0.4) is 0 Å². The van der Waals surface area contributed by atoms with Gasteiger partial charge in [-0.3, -0.25) is 18.2 Å². The second kappa shape index (κ2) is 20.9. The Balaban J connectivity index is 1.76. The Kier molecular flexibility index (Phi) is 17.1. The lowest BCUT2D eigenvalue weighted by Gasteiger charge is -2.27. The number of benzene rings is 2. The van der Waals surface area contributed by atoms with Crippen LogP contribution in [-0.2, 0) is 60.8 Å². The summed E-state index contributed by atoms with van der Waals surface area (Å²) in [4.78, 5) is 29.0. The molecule has 0 bridgehead atoms. The predicted molar refractivity (Wildman–Crippen MR) is 241 cm³/mol. The molecule has 0 fully saturated rings. The van der Waals surface area contributed by atoms with E-state index >= 15 is 0 Å². The van der Waals surface area contributed by atoms with Gasteiger partial charge < -0.3 is 14.4 Å². The number of anilines is 1. The van der Waals surface area contributed by atoms with E-state index in [9.17, 15) is 52.4 Å². The highest BCUT2D eigenvalue weighted by atomic mass is 32.2. The molecule has 0 amide bonds. The highest BCUT2D eigenvalue weighted by Crippen LogP contribution is 2.50. The Bertz CT molecular complexity index is 2680. The van der Waals surface area contributed by atoms with Crippen LogP contribution in [0.25, 0.3) is 0 Å². The molecular weight excluding hydrogens is 917 g/mol. The molecule has 2 aliphatic rings. The zero-order chi connectivity index (χ0) is 47.9. The molecule has 0 unspecified atom stereocenters. The largest absolute Gasteiger partial charge is 0.462 e. The molecule has 4 N–H and O–H groups in total. The molecule has 0 radical (unpaired) electrons. The number of ether oxygens (including phenoxy) is 2. The molecule has 22 heteroatoms. The van der Waals surface area contributed by atoms with E-state index in [-0.39, 0.29) is 69.4 Å². The number of carbonyl (C=O) groups excluding carboxylic acids is 2. The molecule has 0 saturated carbocycles. The lowest BCUT2D eigenvalue weighted by Crippen LogP contribution is -2.28. The first kappa shape index (κ1) is 52.3. The number of fused-ring (bicyclic) bond motifs is 2. The minimum atomic E-state index is -4.39. The monoisotopic (exact) mass is 973 g/mol. The van der Waals surface area contributed by atoms with Gasteiger partial charge in [-0.2, -0.15) is 38.2 Å². The van der Waals surface area contributed by atoms with Gasteiger partial charge >= 0.3 is 11.9 Å². The van der Waals surface area contributed by atoms with Crippen LogP contribution >= 0.6 is 0 Å². The Hall–Kier alpha value is -4.29. The van der Waals surface area contributed by atoms with Crippen molar-refractivity contribution in [3.63, 3.8) is 0 Å². The fraction of sp³-hybridized carbons (Fsp3) is 0.500. The second-order valence-corrected chi connectivity index (χ2v) is 22.9. The second-order valence-electron chi connectivity index (χ2n) is 16.7. The quantitative estimate of drug-likeness (QED) is 0.0358. The van der Waals surface area contributed by atoms with Crippen molar-refractivity contribution in [3.05, 3.63) is 94.2 Å². The number of allylic oxidation sites excluding steroid dienone is 6. The molecule has 0 aliphatic carbocycles. The van der Waals surface area contributed by atoms with E-state index in [2.05, 4.69) is 13.8 Å². The van der Waals surface area contributed by atoms with E-state index in [4.69, 9.17) is 18.6 Å². The van der Waals surface area contributed by atoms with Crippen LogP contribution in [0.2, 0.25) is 0 Å². The van der Waals surface area contributed by atoms with Gasteiger partial charge in [-0.15, -0.1) is 0 Å². The molecule has 0 atom stereocenters. The van der Waals surface area contributed by atoms with Crippen molar-refractivity contribution in [2.24, 2.45) is 0 Å². The Morgan fingerprint density at radius 3 is 1.80 bits per heavy atom. The SMILES string of the molecule is Cc1cccc2c1C(C)(C)C(C=CC=CC=C1N(CCCS(=O)(=O)O)c3cc(C(=O)OCCCCS(=O)(=O)O)cc(C(=O)OCCCCS(=O)(=O)O)c3C1(C)C)=[N+]2CCCS(=O)(=O)O. The third-order valence-electron chi connectivity index (χ3n) is 10.9. The van der Waals surface area contributed by atoms with Gasteiger partial charge in [-0.25, -0.2) is 9.59 Å². The van der Waals surface area contributed by atoms with E-state index in [1.165, 1.54) is 12.1 Å².